The first-order chi connectivity index (χ1) is 9.86. The summed E-state index contributed by atoms with van der Waals surface area (Å²) in [6.45, 7) is 4.67. The van der Waals surface area contributed by atoms with Crippen LogP contribution in [0.2, 0.25) is 0 Å². The molecule has 1 fully saturated rings. The Hall–Kier alpha value is -0.870. The average molecular weight is 293 g/mol. The monoisotopic (exact) mass is 293 g/mol. The Morgan fingerprint density at radius 2 is 2.05 bits per heavy atom. The molecule has 2 atom stereocenters. The fraction of sp³-hybridized carbons (Fsp3) is 0.625. The minimum absolute atomic E-state index is 0.658. The number of rotatable bonds is 5. The smallest absolute Gasteiger partial charge is 0.162 e. The summed E-state index contributed by atoms with van der Waals surface area (Å²) in [5.74, 6) is 1.78. The number of hydrogen-bond acceptors (Lipinski definition) is 4. The third-order valence-electron chi connectivity index (χ3n) is 3.91. The van der Waals surface area contributed by atoms with Crippen molar-refractivity contribution in [2.45, 2.75) is 48.8 Å². The molecule has 0 bridgehead atoms. The van der Waals surface area contributed by atoms with Gasteiger partial charge in [0.05, 0.1) is 0 Å². The first kappa shape index (κ1) is 14.1. The van der Waals surface area contributed by atoms with Crippen molar-refractivity contribution in [3.8, 4) is 11.5 Å². The van der Waals surface area contributed by atoms with Gasteiger partial charge in [0, 0.05) is 16.2 Å². The lowest BCUT2D eigenvalue weighted by molar-refractivity contribution is 0.171. The van der Waals surface area contributed by atoms with Crippen molar-refractivity contribution in [2.24, 2.45) is 0 Å². The zero-order valence-corrected chi connectivity index (χ0v) is 12.9. The Kier molecular flexibility index (Phi) is 4.73. The summed E-state index contributed by atoms with van der Waals surface area (Å²) in [6.07, 6.45) is 5.16. The second-order valence-corrected chi connectivity index (χ2v) is 6.77. The van der Waals surface area contributed by atoms with Gasteiger partial charge in [0.25, 0.3) is 0 Å². The maximum Gasteiger partial charge on any atom is 0.162 e. The highest BCUT2D eigenvalue weighted by Gasteiger charge is 2.27. The third kappa shape index (κ3) is 3.23. The summed E-state index contributed by atoms with van der Waals surface area (Å²) < 4.78 is 11.2. The normalized spacial score (nSPS) is 24.9. The number of fused-ring (bicyclic) bond motifs is 1. The zero-order chi connectivity index (χ0) is 13.8. The van der Waals surface area contributed by atoms with Crippen LogP contribution in [-0.4, -0.2) is 31.1 Å². The van der Waals surface area contributed by atoms with Gasteiger partial charge in [-0.2, -0.15) is 0 Å². The van der Waals surface area contributed by atoms with Gasteiger partial charge in [-0.1, -0.05) is 13.3 Å². The summed E-state index contributed by atoms with van der Waals surface area (Å²) >= 11 is 1.98. The van der Waals surface area contributed by atoms with Crippen LogP contribution in [-0.2, 0) is 0 Å². The molecule has 1 aliphatic carbocycles. The van der Waals surface area contributed by atoms with Crippen molar-refractivity contribution >= 4 is 11.8 Å². The molecule has 0 amide bonds. The highest BCUT2D eigenvalue weighted by atomic mass is 32.2. The Morgan fingerprint density at radius 3 is 2.90 bits per heavy atom. The average Bonchev–Trinajstić information content (AvgIpc) is 2.92. The van der Waals surface area contributed by atoms with Gasteiger partial charge >= 0.3 is 0 Å². The van der Waals surface area contributed by atoms with Crippen LogP contribution in [0.15, 0.2) is 23.1 Å². The van der Waals surface area contributed by atoms with E-state index in [1.54, 1.807) is 0 Å². The Labute approximate surface area is 125 Å². The highest BCUT2D eigenvalue weighted by Crippen LogP contribution is 2.39. The van der Waals surface area contributed by atoms with Crippen molar-refractivity contribution in [3.05, 3.63) is 18.2 Å². The molecule has 1 heterocycles. The Bertz CT molecular complexity index is 452. The van der Waals surface area contributed by atoms with Gasteiger partial charge in [-0.25, -0.2) is 0 Å². The maximum atomic E-state index is 5.67. The summed E-state index contributed by atoms with van der Waals surface area (Å²) in [5, 5.41) is 4.37. The van der Waals surface area contributed by atoms with E-state index in [1.807, 2.05) is 17.8 Å². The van der Waals surface area contributed by atoms with E-state index in [1.165, 1.54) is 30.6 Å². The van der Waals surface area contributed by atoms with Gasteiger partial charge in [0.15, 0.2) is 11.5 Å². The fourth-order valence-corrected chi connectivity index (χ4v) is 4.25. The van der Waals surface area contributed by atoms with E-state index in [2.05, 4.69) is 24.4 Å². The minimum atomic E-state index is 0.658. The van der Waals surface area contributed by atoms with Gasteiger partial charge in [-0.3, -0.25) is 0 Å². The molecule has 4 heteroatoms. The first-order valence-corrected chi connectivity index (χ1v) is 8.54. The molecule has 2 aliphatic rings. The topological polar surface area (TPSA) is 30.5 Å². The summed E-state index contributed by atoms with van der Waals surface area (Å²) in [5.41, 5.74) is 0. The van der Waals surface area contributed by atoms with Crippen molar-refractivity contribution in [2.75, 3.05) is 19.8 Å². The molecule has 20 heavy (non-hydrogen) atoms. The van der Waals surface area contributed by atoms with Gasteiger partial charge < -0.3 is 14.8 Å². The van der Waals surface area contributed by atoms with Crippen LogP contribution < -0.4 is 14.8 Å². The Balaban J connectivity index is 1.64. The minimum Gasteiger partial charge on any atom is -0.486 e. The molecule has 3 nitrogen and oxygen atoms in total. The standard InChI is InChI=1S/C16H23NO2S/c1-2-8-17-13-4-3-5-16(13)20-12-6-7-14-15(11-12)19-10-9-18-14/h6-7,11,13,16-17H,2-5,8-10H2,1H3. The molecular formula is C16H23NO2S. The van der Waals surface area contributed by atoms with Crippen molar-refractivity contribution in [3.63, 3.8) is 0 Å². The van der Waals surface area contributed by atoms with Crippen LogP contribution >= 0.6 is 11.8 Å². The van der Waals surface area contributed by atoms with Gasteiger partial charge in [0.1, 0.15) is 13.2 Å². The molecular weight excluding hydrogens is 270 g/mol. The van der Waals surface area contributed by atoms with E-state index in [-0.39, 0.29) is 0 Å². The van der Waals surface area contributed by atoms with Crippen LogP contribution in [0.1, 0.15) is 32.6 Å². The van der Waals surface area contributed by atoms with Crippen LogP contribution in [0.25, 0.3) is 0 Å². The molecule has 1 aromatic carbocycles. The van der Waals surface area contributed by atoms with Crippen LogP contribution in [0.4, 0.5) is 0 Å². The molecule has 0 spiro atoms. The number of nitrogens with one attached hydrogen (secondary N) is 1. The van der Waals surface area contributed by atoms with Gasteiger partial charge in [-0.15, -0.1) is 11.8 Å². The number of thioether (sulfide) groups is 1. The molecule has 3 rings (SSSR count). The van der Waals surface area contributed by atoms with E-state index in [9.17, 15) is 0 Å². The van der Waals surface area contributed by atoms with E-state index < -0.39 is 0 Å². The van der Waals surface area contributed by atoms with E-state index in [0.29, 0.717) is 24.5 Å². The second-order valence-electron chi connectivity index (χ2n) is 5.45. The first-order valence-electron chi connectivity index (χ1n) is 7.66. The highest BCUT2D eigenvalue weighted by molar-refractivity contribution is 8.00. The molecule has 2 unspecified atom stereocenters. The quantitative estimate of drug-likeness (QED) is 0.900. The lowest BCUT2D eigenvalue weighted by Gasteiger charge is -2.22. The molecule has 1 saturated carbocycles. The lowest BCUT2D eigenvalue weighted by Crippen LogP contribution is -2.34. The summed E-state index contributed by atoms with van der Waals surface area (Å²) in [4.78, 5) is 1.30. The second kappa shape index (κ2) is 6.72. The predicted molar refractivity (Wildman–Crippen MR) is 83.0 cm³/mol. The molecule has 0 aromatic heterocycles. The lowest BCUT2D eigenvalue weighted by atomic mass is 10.2. The maximum absolute atomic E-state index is 5.67. The number of benzene rings is 1. The molecule has 0 saturated heterocycles. The van der Waals surface area contributed by atoms with Crippen LogP contribution in [0.5, 0.6) is 11.5 Å². The van der Waals surface area contributed by atoms with E-state index in [0.717, 1.165) is 18.0 Å². The van der Waals surface area contributed by atoms with Crippen LogP contribution in [0.3, 0.4) is 0 Å². The van der Waals surface area contributed by atoms with E-state index >= 15 is 0 Å². The summed E-state index contributed by atoms with van der Waals surface area (Å²) in [7, 11) is 0. The van der Waals surface area contributed by atoms with Crippen LogP contribution in [0, 0.1) is 0 Å². The van der Waals surface area contributed by atoms with Crippen molar-refractivity contribution in [1.29, 1.82) is 0 Å². The molecule has 110 valence electrons. The molecule has 1 aromatic rings. The number of ether oxygens (including phenoxy) is 2. The predicted octanol–water partition coefficient (Wildman–Crippen LogP) is 3.47. The zero-order valence-electron chi connectivity index (χ0n) is 12.1. The summed E-state index contributed by atoms with van der Waals surface area (Å²) in [6, 6.07) is 7.00. The van der Waals surface area contributed by atoms with Crippen molar-refractivity contribution in [1.82, 2.24) is 5.32 Å². The largest absolute Gasteiger partial charge is 0.486 e. The third-order valence-corrected chi connectivity index (χ3v) is 5.30. The number of hydrogen-bond donors (Lipinski definition) is 1. The van der Waals surface area contributed by atoms with Gasteiger partial charge in [-0.05, 0) is 44.0 Å². The van der Waals surface area contributed by atoms with Crippen molar-refractivity contribution < 1.29 is 9.47 Å². The van der Waals surface area contributed by atoms with Gasteiger partial charge in [0.2, 0.25) is 0 Å². The SMILES string of the molecule is CCCNC1CCCC1Sc1ccc2c(c1)OCCO2. The Morgan fingerprint density at radius 1 is 1.20 bits per heavy atom. The molecule has 1 N–H and O–H groups in total. The molecule has 1 aliphatic heterocycles. The van der Waals surface area contributed by atoms with E-state index in [4.69, 9.17) is 9.47 Å². The molecule has 0 radical (unpaired) electrons. The fourth-order valence-electron chi connectivity index (χ4n) is 2.90.